The summed E-state index contributed by atoms with van der Waals surface area (Å²) >= 11 is 0. The van der Waals surface area contributed by atoms with Crippen molar-refractivity contribution in [1.82, 2.24) is 14.8 Å². The van der Waals surface area contributed by atoms with Gasteiger partial charge in [0.1, 0.15) is 11.4 Å². The van der Waals surface area contributed by atoms with E-state index in [-0.39, 0.29) is 23.5 Å². The molecule has 2 amide bonds. The smallest absolute Gasteiger partial charge is 0.410 e. The van der Waals surface area contributed by atoms with Gasteiger partial charge in [-0.2, -0.15) is 0 Å². The lowest BCUT2D eigenvalue weighted by Gasteiger charge is -2.49. The number of nitrogens with zero attached hydrogens (tertiary/aromatic N) is 2. The molecule has 1 N–H and O–H groups in total. The highest BCUT2D eigenvalue weighted by Crippen LogP contribution is 2.49. The summed E-state index contributed by atoms with van der Waals surface area (Å²) < 4.78 is 11.0. The Morgan fingerprint density at radius 2 is 1.87 bits per heavy atom. The number of aromatic nitrogens is 1. The number of methoxy groups -OCH3 is 1. The molecule has 1 saturated heterocycles. The maximum atomic E-state index is 12.6. The number of amides is 2. The van der Waals surface area contributed by atoms with Crippen molar-refractivity contribution in [2.45, 2.75) is 64.5 Å². The predicted molar refractivity (Wildman–Crippen MR) is 119 cm³/mol. The fourth-order valence-electron chi connectivity index (χ4n) is 5.14. The van der Waals surface area contributed by atoms with Gasteiger partial charge in [-0.05, 0) is 58.2 Å². The van der Waals surface area contributed by atoms with Crippen LogP contribution in [0.1, 0.15) is 64.8 Å². The average molecular weight is 428 g/mol. The number of carbonyl (C=O) groups is 2. The molecule has 4 rings (SSSR count). The van der Waals surface area contributed by atoms with Gasteiger partial charge >= 0.3 is 6.09 Å². The summed E-state index contributed by atoms with van der Waals surface area (Å²) in [5.74, 6) is 0.874. The fourth-order valence-corrected chi connectivity index (χ4v) is 5.14. The van der Waals surface area contributed by atoms with Gasteiger partial charge in [-0.1, -0.05) is 0 Å². The maximum Gasteiger partial charge on any atom is 0.410 e. The summed E-state index contributed by atoms with van der Waals surface area (Å²) in [5.41, 5.74) is 2.70. The van der Waals surface area contributed by atoms with E-state index in [1.54, 1.807) is 18.9 Å². The first-order valence-corrected chi connectivity index (χ1v) is 11.0. The molecule has 1 spiro atoms. The molecule has 7 nitrogen and oxygen atoms in total. The molecule has 0 radical (unpaired) electrons. The van der Waals surface area contributed by atoms with E-state index in [4.69, 9.17) is 9.47 Å². The average Bonchev–Trinajstić information content (AvgIpc) is 3.09. The van der Waals surface area contributed by atoms with Gasteiger partial charge in [0.05, 0.1) is 13.2 Å². The number of benzene rings is 1. The molecule has 2 aliphatic heterocycles. The normalized spacial score (nSPS) is 20.6. The van der Waals surface area contributed by atoms with Crippen LogP contribution in [0.2, 0.25) is 0 Å². The Balaban J connectivity index is 1.72. The van der Waals surface area contributed by atoms with Crippen molar-refractivity contribution >= 4 is 22.9 Å². The number of rotatable bonds is 1. The third kappa shape index (κ3) is 3.75. The molecule has 31 heavy (non-hydrogen) atoms. The zero-order valence-corrected chi connectivity index (χ0v) is 19.4. The van der Waals surface area contributed by atoms with E-state index < -0.39 is 5.60 Å². The number of nitrogens with one attached hydrogen (secondary N) is 1. The molecule has 0 saturated carbocycles. The zero-order chi connectivity index (χ0) is 22.6. The molecule has 1 aromatic heterocycles. The molecule has 1 fully saturated rings. The summed E-state index contributed by atoms with van der Waals surface area (Å²) in [7, 11) is 1.66. The largest absolute Gasteiger partial charge is 0.497 e. The van der Waals surface area contributed by atoms with Gasteiger partial charge in [0, 0.05) is 54.6 Å². The van der Waals surface area contributed by atoms with E-state index in [9.17, 15) is 9.59 Å². The van der Waals surface area contributed by atoms with Crippen molar-refractivity contribution in [2.75, 3.05) is 26.7 Å². The SMILES string of the molecule is COc1ccc2c3c([nH]c2c1)C(C)N(C(C)=O)CC31CCN(C(=O)OC(C)(C)C)CC1. The van der Waals surface area contributed by atoms with E-state index in [1.807, 2.05) is 37.8 Å². The maximum absolute atomic E-state index is 12.6. The van der Waals surface area contributed by atoms with Crippen LogP contribution in [0.3, 0.4) is 0 Å². The number of H-pyrrole nitrogens is 1. The molecule has 168 valence electrons. The Bertz CT molecular complexity index is 1010. The summed E-state index contributed by atoms with van der Waals surface area (Å²) in [5, 5.41) is 1.18. The van der Waals surface area contributed by atoms with E-state index in [2.05, 4.69) is 18.0 Å². The predicted octanol–water partition coefficient (Wildman–Crippen LogP) is 4.37. The van der Waals surface area contributed by atoms with Crippen LogP contribution in [0.4, 0.5) is 4.79 Å². The van der Waals surface area contributed by atoms with Gasteiger partial charge in [0.25, 0.3) is 0 Å². The minimum Gasteiger partial charge on any atom is -0.497 e. The highest BCUT2D eigenvalue weighted by molar-refractivity contribution is 5.88. The van der Waals surface area contributed by atoms with Gasteiger partial charge in [-0.15, -0.1) is 0 Å². The minimum absolute atomic E-state index is 0.0274. The quantitative estimate of drug-likeness (QED) is 0.733. The lowest BCUT2D eigenvalue weighted by molar-refractivity contribution is -0.133. The number of fused-ring (bicyclic) bond motifs is 4. The van der Waals surface area contributed by atoms with E-state index in [0.717, 1.165) is 29.8 Å². The lowest BCUT2D eigenvalue weighted by atomic mass is 9.68. The number of carbonyl (C=O) groups excluding carboxylic acids is 2. The summed E-state index contributed by atoms with van der Waals surface area (Å²) in [6.45, 7) is 11.3. The summed E-state index contributed by atoms with van der Waals surface area (Å²) in [6, 6.07) is 6.09. The number of aromatic amines is 1. The van der Waals surface area contributed by atoms with Crippen LogP contribution in [0.5, 0.6) is 5.75 Å². The topological polar surface area (TPSA) is 74.9 Å². The van der Waals surface area contributed by atoms with Crippen molar-refractivity contribution in [3.63, 3.8) is 0 Å². The van der Waals surface area contributed by atoms with Gasteiger partial charge < -0.3 is 24.3 Å². The Hall–Kier alpha value is -2.70. The number of likely N-dealkylation sites (tertiary alicyclic amines) is 1. The summed E-state index contributed by atoms with van der Waals surface area (Å²) in [4.78, 5) is 32.4. The van der Waals surface area contributed by atoms with Crippen molar-refractivity contribution in [2.24, 2.45) is 0 Å². The van der Waals surface area contributed by atoms with E-state index in [1.165, 1.54) is 10.9 Å². The van der Waals surface area contributed by atoms with Gasteiger partial charge in [0.2, 0.25) is 5.91 Å². The number of hydrogen-bond acceptors (Lipinski definition) is 4. The summed E-state index contributed by atoms with van der Waals surface area (Å²) in [6.07, 6.45) is 1.31. The molecule has 2 aliphatic rings. The standard InChI is InChI=1S/C24H33N3O4/c1-15-21-20(18-8-7-17(30-6)13-19(18)25-21)24(14-27(15)16(2)28)9-11-26(12-10-24)22(29)31-23(3,4)5/h7-8,13,15,25H,9-12,14H2,1-6H3. The zero-order valence-electron chi connectivity index (χ0n) is 19.4. The highest BCUT2D eigenvalue weighted by Gasteiger charge is 2.48. The van der Waals surface area contributed by atoms with Crippen LogP contribution in [0.15, 0.2) is 18.2 Å². The van der Waals surface area contributed by atoms with Crippen LogP contribution in [-0.2, 0) is 14.9 Å². The van der Waals surface area contributed by atoms with Crippen LogP contribution in [-0.4, -0.2) is 59.1 Å². The van der Waals surface area contributed by atoms with Gasteiger partial charge in [0.15, 0.2) is 0 Å². The minimum atomic E-state index is -0.513. The lowest BCUT2D eigenvalue weighted by Crippen LogP contribution is -2.55. The van der Waals surface area contributed by atoms with Crippen LogP contribution < -0.4 is 4.74 Å². The van der Waals surface area contributed by atoms with Crippen molar-refractivity contribution in [3.05, 3.63) is 29.5 Å². The molecule has 7 heteroatoms. The first kappa shape index (κ1) is 21.5. The highest BCUT2D eigenvalue weighted by atomic mass is 16.6. The van der Waals surface area contributed by atoms with Crippen molar-refractivity contribution < 1.29 is 19.1 Å². The molecule has 1 atom stereocenters. The van der Waals surface area contributed by atoms with Crippen molar-refractivity contribution in [3.8, 4) is 5.75 Å². The second kappa shape index (κ2) is 7.46. The molecular weight excluding hydrogens is 394 g/mol. The fraction of sp³-hybridized carbons (Fsp3) is 0.583. The van der Waals surface area contributed by atoms with Crippen molar-refractivity contribution in [1.29, 1.82) is 0 Å². The first-order chi connectivity index (χ1) is 14.5. The Morgan fingerprint density at radius 1 is 1.19 bits per heavy atom. The van der Waals surface area contributed by atoms with Gasteiger partial charge in [-0.25, -0.2) is 4.79 Å². The molecule has 0 bridgehead atoms. The van der Waals surface area contributed by atoms with Crippen LogP contribution in [0, 0.1) is 0 Å². The first-order valence-electron chi connectivity index (χ1n) is 11.0. The molecule has 2 aromatic rings. The van der Waals surface area contributed by atoms with Crippen LogP contribution >= 0.6 is 0 Å². The monoisotopic (exact) mass is 427 g/mol. The Kier molecular flexibility index (Phi) is 5.18. The Labute approximate surface area is 183 Å². The van der Waals surface area contributed by atoms with E-state index >= 15 is 0 Å². The molecular formula is C24H33N3O4. The second-order valence-corrected chi connectivity index (χ2v) is 9.90. The van der Waals surface area contributed by atoms with E-state index in [0.29, 0.717) is 19.6 Å². The third-order valence-electron chi connectivity index (χ3n) is 6.70. The molecule has 0 aliphatic carbocycles. The van der Waals surface area contributed by atoms with Gasteiger partial charge in [-0.3, -0.25) is 4.79 Å². The molecule has 3 heterocycles. The third-order valence-corrected chi connectivity index (χ3v) is 6.70. The Morgan fingerprint density at radius 3 is 2.45 bits per heavy atom. The molecule has 1 unspecified atom stereocenters. The number of ether oxygens (including phenoxy) is 2. The second-order valence-electron chi connectivity index (χ2n) is 9.90. The number of hydrogen-bond donors (Lipinski definition) is 1. The number of piperidine rings is 1. The van der Waals surface area contributed by atoms with Crippen LogP contribution in [0.25, 0.3) is 10.9 Å². The molecule has 1 aromatic carbocycles.